The van der Waals surface area contributed by atoms with E-state index in [2.05, 4.69) is 13.8 Å². The normalized spacial score (nSPS) is 12.3. The molecule has 0 amide bonds. The number of hydrogen-bond acceptors (Lipinski definition) is 4. The van der Waals surface area contributed by atoms with E-state index in [9.17, 15) is 4.79 Å². The summed E-state index contributed by atoms with van der Waals surface area (Å²) in [5.74, 6) is 1.59. The van der Waals surface area contributed by atoms with Crippen LogP contribution in [0.15, 0.2) is 18.2 Å². The number of hydrogen-bond donors (Lipinski definition) is 1. The molecule has 1 unspecified atom stereocenters. The standard InChI is InChI=1S/C16H25NO3/c1-5-19-14-8-7-12(10-15(14)20-6-2)16(18)13(17)9-11(3)4/h7-8,10-11,13H,5-6,9,17H2,1-4H3. The molecule has 0 saturated carbocycles. The van der Waals surface area contributed by atoms with E-state index in [-0.39, 0.29) is 5.78 Å². The number of ketones is 1. The van der Waals surface area contributed by atoms with Gasteiger partial charge in [0, 0.05) is 5.56 Å². The van der Waals surface area contributed by atoms with Crippen LogP contribution in [-0.2, 0) is 0 Å². The van der Waals surface area contributed by atoms with Gasteiger partial charge in [0.1, 0.15) is 0 Å². The van der Waals surface area contributed by atoms with Gasteiger partial charge < -0.3 is 15.2 Å². The summed E-state index contributed by atoms with van der Waals surface area (Å²) >= 11 is 0. The maximum atomic E-state index is 12.3. The van der Waals surface area contributed by atoms with Crippen molar-refractivity contribution in [3.8, 4) is 11.5 Å². The molecule has 1 aromatic carbocycles. The van der Waals surface area contributed by atoms with Crippen molar-refractivity contribution in [3.63, 3.8) is 0 Å². The number of Topliss-reactive ketones (excluding diaryl/α,β-unsaturated/α-hetero) is 1. The van der Waals surface area contributed by atoms with Gasteiger partial charge in [-0.2, -0.15) is 0 Å². The topological polar surface area (TPSA) is 61.5 Å². The molecular formula is C16H25NO3. The SMILES string of the molecule is CCOc1ccc(C(=O)C(N)CC(C)C)cc1OCC. The molecule has 0 saturated heterocycles. The first-order valence-corrected chi connectivity index (χ1v) is 7.19. The number of ether oxygens (including phenoxy) is 2. The number of carbonyl (C=O) groups is 1. The first-order valence-electron chi connectivity index (χ1n) is 7.19. The van der Waals surface area contributed by atoms with Crippen LogP contribution in [0.25, 0.3) is 0 Å². The fourth-order valence-electron chi connectivity index (χ4n) is 2.03. The fraction of sp³-hybridized carbons (Fsp3) is 0.562. The van der Waals surface area contributed by atoms with Crippen molar-refractivity contribution in [2.45, 2.75) is 40.2 Å². The zero-order valence-corrected chi connectivity index (χ0v) is 12.8. The molecule has 1 aromatic rings. The summed E-state index contributed by atoms with van der Waals surface area (Å²) in [5, 5.41) is 0. The van der Waals surface area contributed by atoms with Crippen LogP contribution in [0, 0.1) is 5.92 Å². The molecule has 0 heterocycles. The molecule has 0 fully saturated rings. The Balaban J connectivity index is 2.95. The van der Waals surface area contributed by atoms with Crippen molar-refractivity contribution in [1.82, 2.24) is 0 Å². The van der Waals surface area contributed by atoms with E-state index < -0.39 is 6.04 Å². The zero-order chi connectivity index (χ0) is 15.1. The number of carbonyl (C=O) groups excluding carboxylic acids is 1. The highest BCUT2D eigenvalue weighted by Gasteiger charge is 2.18. The summed E-state index contributed by atoms with van der Waals surface area (Å²) in [6.07, 6.45) is 0.677. The van der Waals surface area contributed by atoms with Crippen LogP contribution in [0.1, 0.15) is 44.5 Å². The van der Waals surface area contributed by atoms with E-state index in [0.29, 0.717) is 42.6 Å². The number of rotatable bonds is 8. The van der Waals surface area contributed by atoms with Crippen molar-refractivity contribution in [1.29, 1.82) is 0 Å². The molecule has 20 heavy (non-hydrogen) atoms. The lowest BCUT2D eigenvalue weighted by atomic mass is 9.96. The van der Waals surface area contributed by atoms with Gasteiger partial charge in [0.2, 0.25) is 0 Å². The summed E-state index contributed by atoms with van der Waals surface area (Å²) in [5.41, 5.74) is 6.52. The van der Waals surface area contributed by atoms with Crippen molar-refractivity contribution < 1.29 is 14.3 Å². The van der Waals surface area contributed by atoms with Crippen LogP contribution in [-0.4, -0.2) is 25.0 Å². The minimum absolute atomic E-state index is 0.0531. The molecule has 112 valence electrons. The molecule has 0 radical (unpaired) electrons. The fourth-order valence-corrected chi connectivity index (χ4v) is 2.03. The van der Waals surface area contributed by atoms with Gasteiger partial charge in [-0.15, -0.1) is 0 Å². The lowest BCUT2D eigenvalue weighted by Crippen LogP contribution is -2.31. The van der Waals surface area contributed by atoms with E-state index in [1.807, 2.05) is 13.8 Å². The molecule has 4 heteroatoms. The smallest absolute Gasteiger partial charge is 0.179 e. The summed E-state index contributed by atoms with van der Waals surface area (Å²) in [6.45, 7) is 8.99. The average molecular weight is 279 g/mol. The maximum Gasteiger partial charge on any atom is 0.179 e. The Hall–Kier alpha value is -1.55. The second kappa shape index (κ2) is 7.90. The van der Waals surface area contributed by atoms with E-state index in [1.54, 1.807) is 18.2 Å². The Kier molecular flexibility index (Phi) is 6.52. The molecule has 1 rings (SSSR count). The first kappa shape index (κ1) is 16.5. The minimum atomic E-state index is -0.470. The van der Waals surface area contributed by atoms with Gasteiger partial charge in [0.25, 0.3) is 0 Å². The van der Waals surface area contributed by atoms with Crippen molar-refractivity contribution >= 4 is 5.78 Å². The second-order valence-corrected chi connectivity index (χ2v) is 5.13. The van der Waals surface area contributed by atoms with Crippen LogP contribution in [0.2, 0.25) is 0 Å². The largest absolute Gasteiger partial charge is 0.490 e. The Bertz CT molecular complexity index is 443. The molecule has 0 aromatic heterocycles. The van der Waals surface area contributed by atoms with Crippen molar-refractivity contribution in [2.75, 3.05) is 13.2 Å². The molecule has 2 N–H and O–H groups in total. The molecule has 1 atom stereocenters. The highest BCUT2D eigenvalue weighted by Crippen LogP contribution is 2.29. The Morgan fingerprint density at radius 2 is 1.75 bits per heavy atom. The highest BCUT2D eigenvalue weighted by molar-refractivity contribution is 6.00. The third kappa shape index (κ3) is 4.53. The number of nitrogens with two attached hydrogens (primary N) is 1. The van der Waals surface area contributed by atoms with Gasteiger partial charge in [0.15, 0.2) is 17.3 Å². The Labute approximate surface area is 121 Å². The van der Waals surface area contributed by atoms with Gasteiger partial charge in [0.05, 0.1) is 19.3 Å². The maximum absolute atomic E-state index is 12.3. The van der Waals surface area contributed by atoms with Crippen LogP contribution in [0.3, 0.4) is 0 Å². The Morgan fingerprint density at radius 3 is 2.30 bits per heavy atom. The predicted octanol–water partition coefficient (Wildman–Crippen LogP) is 3.04. The Morgan fingerprint density at radius 1 is 1.15 bits per heavy atom. The monoisotopic (exact) mass is 279 g/mol. The lowest BCUT2D eigenvalue weighted by Gasteiger charge is -2.15. The van der Waals surface area contributed by atoms with Crippen molar-refractivity contribution in [2.24, 2.45) is 11.7 Å². The van der Waals surface area contributed by atoms with E-state index in [1.165, 1.54) is 0 Å². The van der Waals surface area contributed by atoms with Crippen LogP contribution >= 0.6 is 0 Å². The van der Waals surface area contributed by atoms with Gasteiger partial charge in [-0.05, 0) is 44.4 Å². The van der Waals surface area contributed by atoms with Gasteiger partial charge in [-0.25, -0.2) is 0 Å². The van der Waals surface area contributed by atoms with Crippen LogP contribution in [0.5, 0.6) is 11.5 Å². The quantitative estimate of drug-likeness (QED) is 0.743. The van der Waals surface area contributed by atoms with Crippen molar-refractivity contribution in [3.05, 3.63) is 23.8 Å². The predicted molar refractivity (Wildman–Crippen MR) is 80.5 cm³/mol. The summed E-state index contributed by atoms with van der Waals surface area (Å²) in [6, 6.07) is 4.76. The van der Waals surface area contributed by atoms with E-state index in [4.69, 9.17) is 15.2 Å². The zero-order valence-electron chi connectivity index (χ0n) is 12.8. The molecule has 4 nitrogen and oxygen atoms in total. The molecule has 0 aliphatic rings. The van der Waals surface area contributed by atoms with E-state index >= 15 is 0 Å². The van der Waals surface area contributed by atoms with Gasteiger partial charge in [-0.1, -0.05) is 13.8 Å². The molecular weight excluding hydrogens is 254 g/mol. The summed E-state index contributed by atoms with van der Waals surface area (Å²) in [7, 11) is 0. The number of benzene rings is 1. The van der Waals surface area contributed by atoms with Crippen LogP contribution in [0.4, 0.5) is 0 Å². The van der Waals surface area contributed by atoms with Gasteiger partial charge in [-0.3, -0.25) is 4.79 Å². The summed E-state index contributed by atoms with van der Waals surface area (Å²) in [4.78, 5) is 12.3. The van der Waals surface area contributed by atoms with E-state index in [0.717, 1.165) is 0 Å². The third-order valence-corrected chi connectivity index (χ3v) is 2.89. The summed E-state index contributed by atoms with van der Waals surface area (Å²) < 4.78 is 11.0. The highest BCUT2D eigenvalue weighted by atomic mass is 16.5. The van der Waals surface area contributed by atoms with Gasteiger partial charge >= 0.3 is 0 Å². The second-order valence-electron chi connectivity index (χ2n) is 5.13. The first-order chi connectivity index (χ1) is 9.49. The molecule has 0 aliphatic carbocycles. The third-order valence-electron chi connectivity index (χ3n) is 2.89. The molecule has 0 aliphatic heterocycles. The van der Waals surface area contributed by atoms with Crippen LogP contribution < -0.4 is 15.2 Å². The lowest BCUT2D eigenvalue weighted by molar-refractivity contribution is 0.0950. The molecule has 0 spiro atoms. The average Bonchev–Trinajstić information content (AvgIpc) is 2.39. The molecule has 0 bridgehead atoms. The minimum Gasteiger partial charge on any atom is -0.490 e.